The van der Waals surface area contributed by atoms with Crippen molar-refractivity contribution in [2.24, 2.45) is 0 Å². The molecule has 0 aliphatic heterocycles. The second-order valence-corrected chi connectivity index (χ2v) is 7.67. The van der Waals surface area contributed by atoms with E-state index in [9.17, 15) is 13.2 Å². The van der Waals surface area contributed by atoms with Crippen LogP contribution in [0.4, 0.5) is 5.69 Å². The molecule has 23 heavy (non-hydrogen) atoms. The van der Waals surface area contributed by atoms with E-state index in [0.717, 1.165) is 25.7 Å². The van der Waals surface area contributed by atoms with E-state index in [0.29, 0.717) is 5.69 Å². The molecule has 0 saturated heterocycles. The molecule has 1 aromatic rings. The van der Waals surface area contributed by atoms with Crippen molar-refractivity contribution in [1.82, 2.24) is 15.1 Å². The lowest BCUT2D eigenvalue weighted by Crippen LogP contribution is -2.35. The molecule has 1 fully saturated rings. The van der Waals surface area contributed by atoms with E-state index in [2.05, 4.69) is 15.1 Å². The first kappa shape index (κ1) is 17.7. The number of hydrogen-bond donors (Lipinski definition) is 2. The highest BCUT2D eigenvalue weighted by molar-refractivity contribution is 7.92. The minimum absolute atomic E-state index is 0.0761. The predicted octanol–water partition coefficient (Wildman–Crippen LogP) is 0.718. The Hall–Kier alpha value is -1.61. The maximum atomic E-state index is 11.9. The fourth-order valence-corrected chi connectivity index (χ4v) is 3.89. The van der Waals surface area contributed by atoms with Crippen LogP contribution < -0.4 is 10.0 Å². The molecule has 130 valence electrons. The molecule has 0 aromatic carbocycles. The van der Waals surface area contributed by atoms with Crippen LogP contribution in [0.1, 0.15) is 32.6 Å². The normalized spacial score (nSPS) is 17.1. The van der Waals surface area contributed by atoms with E-state index >= 15 is 0 Å². The number of aromatic nitrogens is 2. The smallest absolute Gasteiger partial charge is 0.241 e. The van der Waals surface area contributed by atoms with Gasteiger partial charge in [-0.25, -0.2) is 8.42 Å². The van der Waals surface area contributed by atoms with Crippen LogP contribution in [0.3, 0.4) is 0 Å². The van der Waals surface area contributed by atoms with E-state index in [1.807, 2.05) is 0 Å². The van der Waals surface area contributed by atoms with Crippen molar-refractivity contribution in [3.05, 3.63) is 12.4 Å². The topological polar surface area (TPSA) is 102 Å². The predicted molar refractivity (Wildman–Crippen MR) is 86.5 cm³/mol. The number of carbonyl (C=O) groups excluding carboxylic acids is 1. The molecule has 0 unspecified atom stereocenters. The zero-order valence-electron chi connectivity index (χ0n) is 13.5. The summed E-state index contributed by atoms with van der Waals surface area (Å²) in [6, 6.07) is 0.256. The zero-order valence-corrected chi connectivity index (χ0v) is 14.3. The standard InChI is InChI=1S/C14H24N4O4S/c1-11(22-2)10-23(20,21)17-13-7-15-18(8-13)9-14(19)16-12-5-3-4-6-12/h7-8,11-12,17H,3-6,9-10H2,1-2H3,(H,16,19)/t11-/m1/s1. The van der Waals surface area contributed by atoms with Gasteiger partial charge in [0, 0.05) is 19.3 Å². The van der Waals surface area contributed by atoms with E-state index in [1.54, 1.807) is 6.92 Å². The molecule has 1 aliphatic carbocycles. The molecule has 0 radical (unpaired) electrons. The third-order valence-electron chi connectivity index (χ3n) is 3.79. The van der Waals surface area contributed by atoms with Crippen LogP contribution >= 0.6 is 0 Å². The summed E-state index contributed by atoms with van der Waals surface area (Å²) in [7, 11) is -2.05. The Bertz CT molecular complexity index is 622. The van der Waals surface area contributed by atoms with Gasteiger partial charge in [-0.05, 0) is 19.8 Å². The lowest BCUT2D eigenvalue weighted by molar-refractivity contribution is -0.122. The van der Waals surface area contributed by atoms with Gasteiger partial charge in [0.25, 0.3) is 0 Å². The Balaban J connectivity index is 1.86. The van der Waals surface area contributed by atoms with Crippen LogP contribution in [-0.2, 0) is 26.1 Å². The van der Waals surface area contributed by atoms with E-state index in [4.69, 9.17) is 4.74 Å². The first-order valence-electron chi connectivity index (χ1n) is 7.73. The molecule has 8 nitrogen and oxygen atoms in total. The van der Waals surface area contributed by atoms with Crippen molar-refractivity contribution in [2.75, 3.05) is 17.6 Å². The number of hydrogen-bond acceptors (Lipinski definition) is 5. The molecule has 1 saturated carbocycles. The minimum Gasteiger partial charge on any atom is -0.381 e. The van der Waals surface area contributed by atoms with Gasteiger partial charge in [0.2, 0.25) is 15.9 Å². The van der Waals surface area contributed by atoms with E-state index in [-0.39, 0.29) is 24.2 Å². The van der Waals surface area contributed by atoms with Gasteiger partial charge in [-0.3, -0.25) is 14.2 Å². The molecule has 1 aliphatic rings. The molecule has 2 rings (SSSR count). The number of rotatable bonds is 8. The number of anilines is 1. The number of ether oxygens (including phenoxy) is 1. The first-order chi connectivity index (χ1) is 10.9. The number of amides is 1. The molecule has 2 N–H and O–H groups in total. The van der Waals surface area contributed by atoms with Gasteiger partial charge < -0.3 is 10.1 Å². The van der Waals surface area contributed by atoms with Crippen LogP contribution in [0.15, 0.2) is 12.4 Å². The highest BCUT2D eigenvalue weighted by atomic mass is 32.2. The molecular weight excluding hydrogens is 320 g/mol. The average Bonchev–Trinajstić information content (AvgIpc) is 3.09. The Morgan fingerprint density at radius 3 is 2.83 bits per heavy atom. The van der Waals surface area contributed by atoms with Crippen molar-refractivity contribution < 1.29 is 17.9 Å². The zero-order chi connectivity index (χ0) is 16.9. The second kappa shape index (κ2) is 7.78. The Kier molecular flexibility index (Phi) is 6.00. The Morgan fingerprint density at radius 1 is 1.48 bits per heavy atom. The van der Waals surface area contributed by atoms with Crippen molar-refractivity contribution in [1.29, 1.82) is 0 Å². The van der Waals surface area contributed by atoms with Gasteiger partial charge in [-0.1, -0.05) is 12.8 Å². The highest BCUT2D eigenvalue weighted by Crippen LogP contribution is 2.17. The van der Waals surface area contributed by atoms with Gasteiger partial charge in [0.1, 0.15) is 6.54 Å². The molecule has 9 heteroatoms. The fraction of sp³-hybridized carbons (Fsp3) is 0.714. The highest BCUT2D eigenvalue weighted by Gasteiger charge is 2.18. The molecule has 0 bridgehead atoms. The summed E-state index contributed by atoms with van der Waals surface area (Å²) >= 11 is 0. The number of nitrogens with one attached hydrogen (secondary N) is 2. The molecule has 1 atom stereocenters. The average molecular weight is 344 g/mol. The first-order valence-corrected chi connectivity index (χ1v) is 9.38. The summed E-state index contributed by atoms with van der Waals surface area (Å²) in [5, 5.41) is 6.98. The molecule has 1 heterocycles. The van der Waals surface area contributed by atoms with Gasteiger partial charge in [-0.15, -0.1) is 0 Å². The van der Waals surface area contributed by atoms with Crippen LogP contribution in [0.5, 0.6) is 0 Å². The lowest BCUT2D eigenvalue weighted by Gasteiger charge is -2.11. The Morgan fingerprint density at radius 2 is 2.17 bits per heavy atom. The number of nitrogens with zero attached hydrogens (tertiary/aromatic N) is 2. The fourth-order valence-electron chi connectivity index (χ4n) is 2.59. The number of carbonyl (C=O) groups is 1. The van der Waals surface area contributed by atoms with E-state index < -0.39 is 16.1 Å². The third-order valence-corrected chi connectivity index (χ3v) is 5.24. The quantitative estimate of drug-likeness (QED) is 0.723. The third kappa shape index (κ3) is 5.83. The largest absolute Gasteiger partial charge is 0.381 e. The monoisotopic (exact) mass is 344 g/mol. The summed E-state index contributed by atoms with van der Waals surface area (Å²) in [6.07, 6.45) is 6.83. The molecular formula is C14H24N4O4S. The van der Waals surface area contributed by atoms with Gasteiger partial charge in [0.15, 0.2) is 0 Å². The van der Waals surface area contributed by atoms with Crippen molar-refractivity contribution in [2.45, 2.75) is 51.3 Å². The molecule has 1 amide bonds. The van der Waals surface area contributed by atoms with Gasteiger partial charge in [0.05, 0.1) is 23.7 Å². The SMILES string of the molecule is CO[C@H](C)CS(=O)(=O)Nc1cnn(CC(=O)NC2CCCC2)c1. The van der Waals surface area contributed by atoms with Crippen LogP contribution in [0, 0.1) is 0 Å². The maximum absolute atomic E-state index is 11.9. The van der Waals surface area contributed by atoms with E-state index in [1.165, 1.54) is 24.2 Å². The summed E-state index contributed by atoms with van der Waals surface area (Å²) < 4.78 is 32.6. The van der Waals surface area contributed by atoms with Gasteiger partial charge >= 0.3 is 0 Å². The molecule has 1 aromatic heterocycles. The van der Waals surface area contributed by atoms with Crippen molar-refractivity contribution in [3.8, 4) is 0 Å². The van der Waals surface area contributed by atoms with Crippen molar-refractivity contribution in [3.63, 3.8) is 0 Å². The number of sulfonamides is 1. The lowest BCUT2D eigenvalue weighted by atomic mass is 10.2. The summed E-state index contributed by atoms with van der Waals surface area (Å²) in [4.78, 5) is 11.9. The van der Waals surface area contributed by atoms with Crippen molar-refractivity contribution >= 4 is 21.6 Å². The molecule has 0 spiro atoms. The summed E-state index contributed by atoms with van der Waals surface area (Å²) in [5.41, 5.74) is 0.335. The van der Waals surface area contributed by atoms with Crippen LogP contribution in [0.25, 0.3) is 0 Å². The second-order valence-electron chi connectivity index (χ2n) is 5.91. The maximum Gasteiger partial charge on any atom is 0.241 e. The summed E-state index contributed by atoms with van der Waals surface area (Å²) in [5.74, 6) is -0.251. The van der Waals surface area contributed by atoms with Crippen LogP contribution in [0.2, 0.25) is 0 Å². The number of methoxy groups -OCH3 is 1. The minimum atomic E-state index is -3.51. The van der Waals surface area contributed by atoms with Crippen LogP contribution in [-0.4, -0.2) is 49.1 Å². The summed E-state index contributed by atoms with van der Waals surface area (Å²) in [6.45, 7) is 1.75. The van der Waals surface area contributed by atoms with Gasteiger partial charge in [-0.2, -0.15) is 5.10 Å². The Labute approximate surface area is 136 Å².